The van der Waals surface area contributed by atoms with Crippen LogP contribution in [0.15, 0.2) is 22.8 Å². The monoisotopic (exact) mass is 282 g/mol. The molecule has 0 saturated heterocycles. The molecule has 2 unspecified atom stereocenters. The number of furan rings is 1. The average Bonchev–Trinajstić information content (AvgIpc) is 2.90. The highest BCUT2D eigenvalue weighted by Crippen LogP contribution is 2.01. The Hall–Kier alpha value is -2.31. The summed E-state index contributed by atoms with van der Waals surface area (Å²) in [6.07, 6.45) is 1.68. The van der Waals surface area contributed by atoms with Crippen LogP contribution in [0, 0.1) is 0 Å². The quantitative estimate of drug-likeness (QED) is 0.684. The Labute approximate surface area is 116 Å². The molecule has 0 aliphatic carbocycles. The zero-order chi connectivity index (χ0) is 15.1. The van der Waals surface area contributed by atoms with Crippen molar-refractivity contribution < 1.29 is 23.9 Å². The molecule has 7 heteroatoms. The standard InChI is InChI=1S/C13H18N2O5/c1-8(5-6-11(16)17)14-12(18)9(2)15-13(19)10-4-3-7-20-10/h3-4,7-9H,5-6H2,1-2H3,(H,14,18)(H,15,19)(H,16,17). The van der Waals surface area contributed by atoms with Crippen LogP contribution in [0.2, 0.25) is 0 Å². The molecule has 0 aromatic carbocycles. The summed E-state index contributed by atoms with van der Waals surface area (Å²) in [5.41, 5.74) is 0. The predicted octanol–water partition coefficient (Wildman–Crippen LogP) is 0.767. The van der Waals surface area contributed by atoms with Crippen LogP contribution >= 0.6 is 0 Å². The van der Waals surface area contributed by atoms with Gasteiger partial charge in [0.05, 0.1) is 6.26 Å². The first-order chi connectivity index (χ1) is 9.40. The summed E-state index contributed by atoms with van der Waals surface area (Å²) in [5, 5.41) is 13.7. The second-order valence-corrected chi connectivity index (χ2v) is 4.51. The van der Waals surface area contributed by atoms with E-state index >= 15 is 0 Å². The molecule has 2 amide bonds. The Balaban J connectivity index is 2.39. The Morgan fingerprint density at radius 3 is 2.55 bits per heavy atom. The lowest BCUT2D eigenvalue weighted by molar-refractivity contribution is -0.137. The van der Waals surface area contributed by atoms with E-state index in [0.29, 0.717) is 6.42 Å². The number of rotatable bonds is 7. The number of carbonyl (C=O) groups excluding carboxylic acids is 2. The molecule has 1 aromatic heterocycles. The number of amides is 2. The van der Waals surface area contributed by atoms with Gasteiger partial charge in [-0.05, 0) is 32.4 Å². The molecule has 1 rings (SSSR count). The SMILES string of the molecule is CC(CCC(=O)O)NC(=O)C(C)NC(=O)c1ccco1. The number of carboxylic acids is 1. The van der Waals surface area contributed by atoms with Crippen molar-refractivity contribution in [1.82, 2.24) is 10.6 Å². The fourth-order valence-electron chi connectivity index (χ4n) is 1.52. The van der Waals surface area contributed by atoms with E-state index in [2.05, 4.69) is 10.6 Å². The summed E-state index contributed by atoms with van der Waals surface area (Å²) in [6, 6.07) is 2.06. The lowest BCUT2D eigenvalue weighted by Gasteiger charge is -2.17. The summed E-state index contributed by atoms with van der Waals surface area (Å²) < 4.78 is 4.91. The van der Waals surface area contributed by atoms with Gasteiger partial charge in [-0.2, -0.15) is 0 Å². The van der Waals surface area contributed by atoms with Gasteiger partial charge in [0.1, 0.15) is 6.04 Å². The van der Waals surface area contributed by atoms with E-state index in [1.54, 1.807) is 19.9 Å². The molecule has 2 atom stereocenters. The van der Waals surface area contributed by atoms with E-state index in [1.165, 1.54) is 12.3 Å². The Bertz CT molecular complexity index is 469. The van der Waals surface area contributed by atoms with Gasteiger partial charge in [-0.25, -0.2) is 0 Å². The van der Waals surface area contributed by atoms with Crippen LogP contribution in [0.4, 0.5) is 0 Å². The Morgan fingerprint density at radius 1 is 1.30 bits per heavy atom. The van der Waals surface area contributed by atoms with Crippen LogP contribution in [-0.2, 0) is 9.59 Å². The third kappa shape index (κ3) is 5.13. The molecule has 0 spiro atoms. The molecule has 7 nitrogen and oxygen atoms in total. The molecule has 3 N–H and O–H groups in total. The summed E-state index contributed by atoms with van der Waals surface area (Å²) in [7, 11) is 0. The number of hydrogen-bond acceptors (Lipinski definition) is 4. The molecule has 0 radical (unpaired) electrons. The number of nitrogens with one attached hydrogen (secondary N) is 2. The summed E-state index contributed by atoms with van der Waals surface area (Å²) in [5.74, 6) is -1.63. The zero-order valence-corrected chi connectivity index (χ0v) is 11.4. The van der Waals surface area contributed by atoms with Crippen molar-refractivity contribution in [2.45, 2.75) is 38.8 Å². The minimum atomic E-state index is -0.912. The third-order valence-corrected chi connectivity index (χ3v) is 2.67. The van der Waals surface area contributed by atoms with Crippen LogP contribution < -0.4 is 10.6 Å². The fourth-order valence-corrected chi connectivity index (χ4v) is 1.52. The topological polar surface area (TPSA) is 109 Å². The second kappa shape index (κ2) is 7.32. The normalized spacial score (nSPS) is 13.3. The van der Waals surface area contributed by atoms with E-state index in [-0.39, 0.29) is 24.1 Å². The lowest BCUT2D eigenvalue weighted by Crippen LogP contribution is -2.47. The van der Waals surface area contributed by atoms with Crippen LogP contribution in [-0.4, -0.2) is 35.0 Å². The smallest absolute Gasteiger partial charge is 0.303 e. The minimum Gasteiger partial charge on any atom is -0.481 e. The van der Waals surface area contributed by atoms with Gasteiger partial charge in [0.25, 0.3) is 5.91 Å². The summed E-state index contributed by atoms with van der Waals surface area (Å²) in [6.45, 7) is 3.25. The number of carboxylic acid groups (broad SMARTS) is 1. The molecular weight excluding hydrogens is 264 g/mol. The first-order valence-electron chi connectivity index (χ1n) is 6.26. The first-order valence-corrected chi connectivity index (χ1v) is 6.26. The van der Waals surface area contributed by atoms with Gasteiger partial charge in [0.15, 0.2) is 5.76 Å². The highest BCUT2D eigenvalue weighted by molar-refractivity contribution is 5.95. The van der Waals surface area contributed by atoms with E-state index in [0.717, 1.165) is 0 Å². The number of carbonyl (C=O) groups is 3. The van der Waals surface area contributed by atoms with E-state index < -0.39 is 17.9 Å². The molecular formula is C13H18N2O5. The van der Waals surface area contributed by atoms with Gasteiger partial charge in [0.2, 0.25) is 5.91 Å². The molecule has 1 heterocycles. The summed E-state index contributed by atoms with van der Waals surface area (Å²) in [4.78, 5) is 33.9. The van der Waals surface area contributed by atoms with Crippen LogP contribution in [0.25, 0.3) is 0 Å². The van der Waals surface area contributed by atoms with Crippen molar-refractivity contribution in [2.75, 3.05) is 0 Å². The molecule has 110 valence electrons. The second-order valence-electron chi connectivity index (χ2n) is 4.51. The average molecular weight is 282 g/mol. The molecule has 0 saturated carbocycles. The molecule has 1 aromatic rings. The molecule has 0 bridgehead atoms. The molecule has 0 aliphatic heterocycles. The maximum atomic E-state index is 11.8. The van der Waals surface area contributed by atoms with E-state index in [4.69, 9.17) is 9.52 Å². The van der Waals surface area contributed by atoms with Crippen molar-refractivity contribution in [2.24, 2.45) is 0 Å². The highest BCUT2D eigenvalue weighted by atomic mass is 16.4. The van der Waals surface area contributed by atoms with Crippen molar-refractivity contribution in [1.29, 1.82) is 0 Å². The van der Waals surface area contributed by atoms with E-state index in [9.17, 15) is 14.4 Å². The van der Waals surface area contributed by atoms with Crippen molar-refractivity contribution in [3.8, 4) is 0 Å². The number of hydrogen-bond donors (Lipinski definition) is 3. The zero-order valence-electron chi connectivity index (χ0n) is 11.4. The van der Waals surface area contributed by atoms with Gasteiger partial charge < -0.3 is 20.2 Å². The third-order valence-electron chi connectivity index (χ3n) is 2.67. The maximum Gasteiger partial charge on any atom is 0.303 e. The maximum absolute atomic E-state index is 11.8. The van der Waals surface area contributed by atoms with Crippen LogP contribution in [0.3, 0.4) is 0 Å². The fraction of sp³-hybridized carbons (Fsp3) is 0.462. The van der Waals surface area contributed by atoms with Crippen LogP contribution in [0.5, 0.6) is 0 Å². The highest BCUT2D eigenvalue weighted by Gasteiger charge is 2.19. The van der Waals surface area contributed by atoms with Crippen LogP contribution in [0.1, 0.15) is 37.2 Å². The van der Waals surface area contributed by atoms with Gasteiger partial charge in [-0.15, -0.1) is 0 Å². The molecule has 0 fully saturated rings. The van der Waals surface area contributed by atoms with Crippen molar-refractivity contribution in [3.05, 3.63) is 24.2 Å². The first kappa shape index (κ1) is 15.7. The predicted molar refractivity (Wildman–Crippen MR) is 70.1 cm³/mol. The Morgan fingerprint density at radius 2 is 2.00 bits per heavy atom. The lowest BCUT2D eigenvalue weighted by atomic mass is 10.1. The minimum absolute atomic E-state index is 0.0193. The van der Waals surface area contributed by atoms with Gasteiger partial charge >= 0.3 is 5.97 Å². The molecule has 0 aliphatic rings. The number of aliphatic carboxylic acids is 1. The largest absolute Gasteiger partial charge is 0.481 e. The van der Waals surface area contributed by atoms with Crippen molar-refractivity contribution >= 4 is 17.8 Å². The van der Waals surface area contributed by atoms with Gasteiger partial charge in [-0.1, -0.05) is 0 Å². The Kier molecular flexibility index (Phi) is 5.76. The van der Waals surface area contributed by atoms with Gasteiger partial charge in [0, 0.05) is 12.5 Å². The van der Waals surface area contributed by atoms with Gasteiger partial charge in [-0.3, -0.25) is 14.4 Å². The van der Waals surface area contributed by atoms with E-state index in [1.807, 2.05) is 0 Å². The summed E-state index contributed by atoms with van der Waals surface area (Å²) >= 11 is 0. The van der Waals surface area contributed by atoms with Crippen molar-refractivity contribution in [3.63, 3.8) is 0 Å². The molecule has 20 heavy (non-hydrogen) atoms.